The number of fused-ring (bicyclic) bond motifs is 1. The van der Waals surface area contributed by atoms with Crippen molar-refractivity contribution in [3.63, 3.8) is 0 Å². The molecule has 3 heteroatoms. The van der Waals surface area contributed by atoms with E-state index >= 15 is 0 Å². The van der Waals surface area contributed by atoms with Crippen LogP contribution in [0.2, 0.25) is 0 Å². The average molecular weight is 192 g/mol. The third kappa shape index (κ3) is 3.31. The molecule has 1 aliphatic rings. The summed E-state index contributed by atoms with van der Waals surface area (Å²) in [5.41, 5.74) is 2.89. The first kappa shape index (κ1) is 10.3. The van der Waals surface area contributed by atoms with E-state index in [2.05, 4.69) is 36.4 Å². The van der Waals surface area contributed by atoms with E-state index in [0.29, 0.717) is 0 Å². The van der Waals surface area contributed by atoms with Crippen molar-refractivity contribution in [2.24, 2.45) is 0 Å². The number of carbonyl (C=O) groups is 1. The van der Waals surface area contributed by atoms with Crippen LogP contribution in [0, 0.1) is 0 Å². The molecule has 0 radical (unpaired) electrons. The van der Waals surface area contributed by atoms with Gasteiger partial charge in [-0.3, -0.25) is 0 Å². The fourth-order valence-corrected chi connectivity index (χ4v) is 1.37. The molecule has 1 aromatic carbocycles. The number of hydrogen-bond donors (Lipinski definition) is 2. The highest BCUT2D eigenvalue weighted by molar-refractivity contribution is 5.55. The Balaban J connectivity index is 0.000000213. The van der Waals surface area contributed by atoms with Crippen molar-refractivity contribution < 1.29 is 15.0 Å². The molecule has 0 heterocycles. The van der Waals surface area contributed by atoms with Crippen LogP contribution < -0.4 is 0 Å². The maximum absolute atomic E-state index is 8.56. The van der Waals surface area contributed by atoms with Gasteiger partial charge < -0.3 is 10.2 Å². The van der Waals surface area contributed by atoms with Crippen LogP contribution in [-0.2, 0) is 6.42 Å². The lowest BCUT2D eigenvalue weighted by molar-refractivity contribution is 0.137. The fraction of sp³-hybridized carbons (Fsp3) is 0.182. The number of hydrogen-bond acceptors (Lipinski definition) is 1. The zero-order valence-corrected chi connectivity index (χ0v) is 7.68. The topological polar surface area (TPSA) is 57.5 Å². The van der Waals surface area contributed by atoms with Gasteiger partial charge in [-0.2, -0.15) is 0 Å². The van der Waals surface area contributed by atoms with Crippen molar-refractivity contribution in [1.82, 2.24) is 0 Å². The van der Waals surface area contributed by atoms with Crippen LogP contribution in [0.3, 0.4) is 0 Å². The summed E-state index contributed by atoms with van der Waals surface area (Å²) in [6, 6.07) is 8.58. The molecule has 0 saturated heterocycles. The molecule has 0 spiro atoms. The molecule has 1 aliphatic carbocycles. The van der Waals surface area contributed by atoms with Gasteiger partial charge in [0.05, 0.1) is 0 Å². The van der Waals surface area contributed by atoms with Crippen molar-refractivity contribution in [3.05, 3.63) is 41.5 Å². The molecule has 0 fully saturated rings. The van der Waals surface area contributed by atoms with Gasteiger partial charge in [-0.05, 0) is 24.0 Å². The number of benzene rings is 1. The summed E-state index contributed by atoms with van der Waals surface area (Å²) >= 11 is 0. The van der Waals surface area contributed by atoms with Crippen LogP contribution in [-0.4, -0.2) is 16.4 Å². The molecule has 0 unspecified atom stereocenters. The standard InChI is InChI=1S/C10H10.CH2O3/c1-2-6-10-8-4-3-7-9(10)5-1;2-1(3)4/h1-3,5-7H,4,8H2;(H2,2,3,4). The van der Waals surface area contributed by atoms with E-state index in [1.807, 2.05) is 0 Å². The minimum absolute atomic E-state index is 1.21. The second-order valence-electron chi connectivity index (χ2n) is 2.92. The van der Waals surface area contributed by atoms with Crippen molar-refractivity contribution in [2.45, 2.75) is 12.8 Å². The first-order chi connectivity index (χ1) is 6.70. The fourth-order valence-electron chi connectivity index (χ4n) is 1.37. The number of carboxylic acid groups (broad SMARTS) is 2. The highest BCUT2D eigenvalue weighted by Gasteiger charge is 2.00. The Hall–Kier alpha value is -1.77. The second-order valence-corrected chi connectivity index (χ2v) is 2.92. The van der Waals surface area contributed by atoms with Gasteiger partial charge in [0, 0.05) is 0 Å². The molecule has 74 valence electrons. The van der Waals surface area contributed by atoms with E-state index in [9.17, 15) is 0 Å². The first-order valence-corrected chi connectivity index (χ1v) is 4.36. The number of allylic oxidation sites excluding steroid dienone is 1. The Morgan fingerprint density at radius 1 is 1.21 bits per heavy atom. The van der Waals surface area contributed by atoms with E-state index in [1.54, 1.807) is 0 Å². The molecule has 0 amide bonds. The predicted octanol–water partition coefficient (Wildman–Crippen LogP) is 2.87. The van der Waals surface area contributed by atoms with Gasteiger partial charge in [0.25, 0.3) is 0 Å². The first-order valence-electron chi connectivity index (χ1n) is 4.36. The molecular formula is C11H12O3. The Morgan fingerprint density at radius 2 is 1.86 bits per heavy atom. The third-order valence-corrected chi connectivity index (χ3v) is 1.93. The van der Waals surface area contributed by atoms with Gasteiger partial charge in [-0.1, -0.05) is 36.4 Å². The lowest BCUT2D eigenvalue weighted by Crippen LogP contribution is -1.91. The molecule has 3 nitrogen and oxygen atoms in total. The van der Waals surface area contributed by atoms with Crippen LogP contribution in [0.15, 0.2) is 30.3 Å². The van der Waals surface area contributed by atoms with Crippen molar-refractivity contribution in [3.8, 4) is 0 Å². The van der Waals surface area contributed by atoms with Crippen molar-refractivity contribution in [1.29, 1.82) is 0 Å². The van der Waals surface area contributed by atoms with E-state index in [-0.39, 0.29) is 0 Å². The summed E-state index contributed by atoms with van der Waals surface area (Å²) < 4.78 is 0. The smallest absolute Gasteiger partial charge is 0.450 e. The Kier molecular flexibility index (Phi) is 3.73. The molecule has 14 heavy (non-hydrogen) atoms. The highest BCUT2D eigenvalue weighted by atomic mass is 16.6. The van der Waals surface area contributed by atoms with E-state index in [4.69, 9.17) is 15.0 Å². The molecule has 2 N–H and O–H groups in total. The molecule has 0 aliphatic heterocycles. The van der Waals surface area contributed by atoms with Gasteiger partial charge in [0.1, 0.15) is 0 Å². The normalized spacial score (nSPS) is 12.3. The molecule has 0 aromatic heterocycles. The summed E-state index contributed by atoms with van der Waals surface area (Å²) in [6.45, 7) is 0. The molecule has 1 aromatic rings. The van der Waals surface area contributed by atoms with E-state index in [1.165, 1.54) is 24.0 Å². The lowest BCUT2D eigenvalue weighted by atomic mass is 9.98. The summed E-state index contributed by atoms with van der Waals surface area (Å²) in [5, 5.41) is 13.9. The van der Waals surface area contributed by atoms with Crippen molar-refractivity contribution in [2.75, 3.05) is 0 Å². The van der Waals surface area contributed by atoms with E-state index in [0.717, 1.165) is 0 Å². The maximum atomic E-state index is 8.56. The van der Waals surface area contributed by atoms with Gasteiger partial charge in [-0.15, -0.1) is 0 Å². The third-order valence-electron chi connectivity index (χ3n) is 1.93. The molecule has 0 saturated carbocycles. The average Bonchev–Trinajstić information content (AvgIpc) is 2.17. The lowest BCUT2D eigenvalue weighted by Gasteiger charge is -2.07. The molecular weight excluding hydrogens is 180 g/mol. The summed E-state index contributed by atoms with van der Waals surface area (Å²) in [6.07, 6.45) is 5.03. The van der Waals surface area contributed by atoms with Gasteiger partial charge in [0.2, 0.25) is 0 Å². The van der Waals surface area contributed by atoms with Crippen LogP contribution in [0.25, 0.3) is 6.08 Å². The summed E-state index contributed by atoms with van der Waals surface area (Å²) in [4.78, 5) is 8.56. The minimum Gasteiger partial charge on any atom is -0.450 e. The minimum atomic E-state index is -1.83. The zero-order valence-electron chi connectivity index (χ0n) is 7.68. The Morgan fingerprint density at radius 3 is 2.50 bits per heavy atom. The number of rotatable bonds is 0. The molecule has 0 atom stereocenters. The SMILES string of the molecule is C1=Cc2ccccc2CC1.O=C(O)O. The quantitative estimate of drug-likeness (QED) is 0.664. The summed E-state index contributed by atoms with van der Waals surface area (Å²) in [7, 11) is 0. The van der Waals surface area contributed by atoms with Gasteiger partial charge >= 0.3 is 6.16 Å². The molecule has 0 bridgehead atoms. The highest BCUT2D eigenvalue weighted by Crippen LogP contribution is 2.17. The monoisotopic (exact) mass is 192 g/mol. The maximum Gasteiger partial charge on any atom is 0.503 e. The number of aryl methyl sites for hydroxylation is 1. The van der Waals surface area contributed by atoms with E-state index < -0.39 is 6.16 Å². The van der Waals surface area contributed by atoms with Crippen LogP contribution in [0.4, 0.5) is 4.79 Å². The second kappa shape index (κ2) is 5.07. The summed E-state index contributed by atoms with van der Waals surface area (Å²) in [5.74, 6) is 0. The van der Waals surface area contributed by atoms with Crippen LogP contribution in [0.5, 0.6) is 0 Å². The van der Waals surface area contributed by atoms with Crippen LogP contribution in [0.1, 0.15) is 17.5 Å². The molecule has 2 rings (SSSR count). The predicted molar refractivity (Wildman–Crippen MR) is 54.5 cm³/mol. The Bertz CT molecular complexity index is 338. The van der Waals surface area contributed by atoms with Gasteiger partial charge in [0.15, 0.2) is 0 Å². The zero-order chi connectivity index (χ0) is 10.4. The van der Waals surface area contributed by atoms with Crippen molar-refractivity contribution >= 4 is 12.2 Å². The largest absolute Gasteiger partial charge is 0.503 e. The Labute approximate surface area is 82.3 Å². The van der Waals surface area contributed by atoms with Gasteiger partial charge in [-0.25, -0.2) is 4.79 Å². The van der Waals surface area contributed by atoms with Crippen LogP contribution >= 0.6 is 0 Å².